The first-order chi connectivity index (χ1) is 8.50. The van der Waals surface area contributed by atoms with E-state index in [-0.39, 0.29) is 0 Å². The molecule has 0 aliphatic heterocycles. The number of esters is 2. The second kappa shape index (κ2) is 5.86. The number of benzene rings is 1. The number of ether oxygens (including phenoxy) is 3. The van der Waals surface area contributed by atoms with Crippen molar-refractivity contribution in [2.24, 2.45) is 0 Å². The molecular formula is C12H13BrO5. The van der Waals surface area contributed by atoms with E-state index >= 15 is 0 Å². The molecule has 1 rings (SSSR count). The number of alkyl halides is 1. The van der Waals surface area contributed by atoms with Crippen molar-refractivity contribution in [2.45, 2.75) is 4.32 Å². The molecule has 0 saturated carbocycles. The third kappa shape index (κ3) is 2.48. The first-order valence-corrected chi connectivity index (χ1v) is 5.80. The van der Waals surface area contributed by atoms with Gasteiger partial charge in [-0.3, -0.25) is 0 Å². The molecule has 0 aromatic heterocycles. The van der Waals surface area contributed by atoms with Gasteiger partial charge in [0.25, 0.3) is 0 Å². The average molecular weight is 317 g/mol. The van der Waals surface area contributed by atoms with Crippen LogP contribution in [0.4, 0.5) is 0 Å². The molecule has 0 fully saturated rings. The largest absolute Gasteiger partial charge is 0.497 e. The predicted octanol–water partition coefficient (Wildman–Crippen LogP) is 1.63. The molecule has 18 heavy (non-hydrogen) atoms. The molecule has 0 N–H and O–H groups in total. The van der Waals surface area contributed by atoms with Crippen molar-refractivity contribution in [1.29, 1.82) is 0 Å². The second-order valence-corrected chi connectivity index (χ2v) is 4.56. The van der Waals surface area contributed by atoms with Gasteiger partial charge in [0.2, 0.25) is 4.32 Å². The van der Waals surface area contributed by atoms with Gasteiger partial charge >= 0.3 is 11.9 Å². The SMILES string of the molecule is COC(=O)C(Br)(C(=O)OC)c1cccc(OC)c1. The van der Waals surface area contributed by atoms with E-state index in [9.17, 15) is 9.59 Å². The van der Waals surface area contributed by atoms with Gasteiger partial charge in [0.05, 0.1) is 21.3 Å². The monoisotopic (exact) mass is 316 g/mol. The lowest BCUT2D eigenvalue weighted by atomic mass is 9.99. The molecule has 5 nitrogen and oxygen atoms in total. The molecule has 0 bridgehead atoms. The molecular weight excluding hydrogens is 304 g/mol. The Hall–Kier alpha value is -1.56. The summed E-state index contributed by atoms with van der Waals surface area (Å²) >= 11 is 3.10. The van der Waals surface area contributed by atoms with Crippen LogP contribution in [0.25, 0.3) is 0 Å². The average Bonchev–Trinajstić information content (AvgIpc) is 2.44. The van der Waals surface area contributed by atoms with Gasteiger partial charge in [-0.05, 0) is 17.7 Å². The molecule has 0 saturated heterocycles. The lowest BCUT2D eigenvalue weighted by Crippen LogP contribution is -2.39. The molecule has 0 spiro atoms. The standard InChI is InChI=1S/C12H13BrO5/c1-16-9-6-4-5-8(7-9)12(13,10(14)17-2)11(15)18-3/h4-7H,1-3H3. The van der Waals surface area contributed by atoms with Gasteiger partial charge < -0.3 is 14.2 Å². The predicted molar refractivity (Wildman–Crippen MR) is 67.6 cm³/mol. The lowest BCUT2D eigenvalue weighted by molar-refractivity contribution is -0.155. The molecule has 0 aliphatic rings. The van der Waals surface area contributed by atoms with Crippen molar-refractivity contribution in [1.82, 2.24) is 0 Å². The molecule has 0 heterocycles. The fourth-order valence-corrected chi connectivity index (χ4v) is 2.01. The summed E-state index contributed by atoms with van der Waals surface area (Å²) in [6.07, 6.45) is 0. The highest BCUT2D eigenvalue weighted by Gasteiger charge is 2.48. The summed E-state index contributed by atoms with van der Waals surface area (Å²) in [5.74, 6) is -1.01. The van der Waals surface area contributed by atoms with Gasteiger partial charge in [-0.2, -0.15) is 0 Å². The van der Waals surface area contributed by atoms with Gasteiger partial charge in [0.1, 0.15) is 5.75 Å². The first kappa shape index (κ1) is 14.5. The van der Waals surface area contributed by atoms with Crippen molar-refractivity contribution in [3.8, 4) is 5.75 Å². The molecule has 6 heteroatoms. The van der Waals surface area contributed by atoms with Crippen molar-refractivity contribution in [3.05, 3.63) is 29.8 Å². The van der Waals surface area contributed by atoms with Crippen LogP contribution in [-0.4, -0.2) is 33.3 Å². The summed E-state index contributed by atoms with van der Waals surface area (Å²) < 4.78 is 12.6. The topological polar surface area (TPSA) is 61.8 Å². The molecule has 1 aromatic rings. The highest BCUT2D eigenvalue weighted by Crippen LogP contribution is 2.35. The second-order valence-electron chi connectivity index (χ2n) is 3.37. The highest BCUT2D eigenvalue weighted by atomic mass is 79.9. The van der Waals surface area contributed by atoms with E-state index in [1.54, 1.807) is 24.3 Å². The third-order valence-corrected chi connectivity index (χ3v) is 3.51. The van der Waals surface area contributed by atoms with Gasteiger partial charge in [-0.15, -0.1) is 0 Å². The number of hydrogen-bond acceptors (Lipinski definition) is 5. The van der Waals surface area contributed by atoms with Crippen molar-refractivity contribution in [2.75, 3.05) is 21.3 Å². The van der Waals surface area contributed by atoms with Crippen LogP contribution in [0, 0.1) is 0 Å². The van der Waals surface area contributed by atoms with Crippen LogP contribution in [0.2, 0.25) is 0 Å². The number of hydrogen-bond donors (Lipinski definition) is 0. The Morgan fingerprint density at radius 1 is 1.11 bits per heavy atom. The molecule has 1 aromatic carbocycles. The van der Waals surface area contributed by atoms with Gasteiger partial charge in [0.15, 0.2) is 0 Å². The molecule has 0 radical (unpaired) electrons. The van der Waals surface area contributed by atoms with Crippen LogP contribution in [0.5, 0.6) is 5.75 Å². The van der Waals surface area contributed by atoms with E-state index in [0.717, 1.165) is 0 Å². The summed E-state index contributed by atoms with van der Waals surface area (Å²) in [6.45, 7) is 0. The zero-order valence-electron chi connectivity index (χ0n) is 10.2. The van der Waals surface area contributed by atoms with Gasteiger partial charge in [-0.1, -0.05) is 28.1 Å². The lowest BCUT2D eigenvalue weighted by Gasteiger charge is -2.22. The Kier molecular flexibility index (Phi) is 4.72. The fourth-order valence-electron chi connectivity index (χ4n) is 1.44. The first-order valence-electron chi connectivity index (χ1n) is 5.01. The number of rotatable bonds is 4. The fraction of sp³-hybridized carbons (Fsp3) is 0.333. The Morgan fingerprint density at radius 2 is 1.67 bits per heavy atom. The normalized spacial score (nSPS) is 10.7. The van der Waals surface area contributed by atoms with Crippen LogP contribution in [0.3, 0.4) is 0 Å². The van der Waals surface area contributed by atoms with E-state index in [1.165, 1.54) is 21.3 Å². The van der Waals surface area contributed by atoms with Crippen LogP contribution in [0.1, 0.15) is 5.56 Å². The maximum atomic E-state index is 11.8. The zero-order valence-corrected chi connectivity index (χ0v) is 11.8. The summed E-state index contributed by atoms with van der Waals surface area (Å²) in [6, 6.07) is 6.52. The van der Waals surface area contributed by atoms with Crippen molar-refractivity contribution < 1.29 is 23.8 Å². The number of halogens is 1. The molecule has 0 aliphatic carbocycles. The quantitative estimate of drug-likeness (QED) is 0.480. The van der Waals surface area contributed by atoms with Crippen LogP contribution < -0.4 is 4.74 Å². The third-order valence-electron chi connectivity index (χ3n) is 2.40. The Balaban J connectivity index is 3.34. The van der Waals surface area contributed by atoms with E-state index in [0.29, 0.717) is 11.3 Å². The van der Waals surface area contributed by atoms with E-state index in [1.807, 2.05) is 0 Å². The van der Waals surface area contributed by atoms with Crippen molar-refractivity contribution in [3.63, 3.8) is 0 Å². The maximum Gasteiger partial charge on any atom is 0.338 e. The van der Waals surface area contributed by atoms with E-state index < -0.39 is 16.3 Å². The van der Waals surface area contributed by atoms with E-state index in [4.69, 9.17) is 4.74 Å². The summed E-state index contributed by atoms with van der Waals surface area (Å²) in [7, 11) is 3.88. The minimum Gasteiger partial charge on any atom is -0.497 e. The van der Waals surface area contributed by atoms with Gasteiger partial charge in [0, 0.05) is 0 Å². The minimum absolute atomic E-state index is 0.376. The minimum atomic E-state index is -1.69. The van der Waals surface area contributed by atoms with Crippen LogP contribution in [0.15, 0.2) is 24.3 Å². The van der Waals surface area contributed by atoms with Crippen molar-refractivity contribution >= 4 is 27.9 Å². The van der Waals surface area contributed by atoms with Crippen LogP contribution >= 0.6 is 15.9 Å². The summed E-state index contributed by atoms with van der Waals surface area (Å²) in [5, 5.41) is 0. The Bertz CT molecular complexity index is 442. The molecule has 0 amide bonds. The highest BCUT2D eigenvalue weighted by molar-refractivity contribution is 9.10. The van der Waals surface area contributed by atoms with E-state index in [2.05, 4.69) is 25.4 Å². The Labute approximate surface area is 113 Å². The number of carbonyl (C=O) groups excluding carboxylic acids is 2. The smallest absolute Gasteiger partial charge is 0.338 e. The van der Waals surface area contributed by atoms with Crippen LogP contribution in [-0.2, 0) is 23.4 Å². The number of methoxy groups -OCH3 is 3. The molecule has 98 valence electrons. The molecule has 0 atom stereocenters. The summed E-state index contributed by atoms with van der Waals surface area (Å²) in [5.41, 5.74) is 0.376. The maximum absolute atomic E-state index is 11.8. The number of carbonyl (C=O) groups is 2. The molecule has 0 unspecified atom stereocenters. The zero-order chi connectivity index (χ0) is 13.8. The Morgan fingerprint density at radius 3 is 2.11 bits per heavy atom. The van der Waals surface area contributed by atoms with Gasteiger partial charge in [-0.25, -0.2) is 9.59 Å². The summed E-state index contributed by atoms with van der Waals surface area (Å²) in [4.78, 5) is 23.6.